The van der Waals surface area contributed by atoms with Crippen LogP contribution in [0, 0.1) is 0 Å². The van der Waals surface area contributed by atoms with Crippen molar-refractivity contribution in [2.75, 3.05) is 0 Å². The molecule has 0 heteroatoms. The van der Waals surface area contributed by atoms with Gasteiger partial charge in [-0.1, -0.05) is 211 Å². The molecule has 0 radical (unpaired) electrons. The zero-order valence-electron chi connectivity index (χ0n) is 30.2. The van der Waals surface area contributed by atoms with Crippen molar-refractivity contribution in [1.29, 1.82) is 0 Å². The van der Waals surface area contributed by atoms with Crippen LogP contribution in [0.1, 0.15) is 52.7 Å². The van der Waals surface area contributed by atoms with Crippen LogP contribution in [-0.2, 0) is 10.8 Å². The van der Waals surface area contributed by atoms with Crippen molar-refractivity contribution >= 4 is 0 Å². The van der Waals surface area contributed by atoms with E-state index in [2.05, 4.69) is 211 Å². The lowest BCUT2D eigenvalue weighted by atomic mass is 9.73. The molecule has 7 aromatic carbocycles. The van der Waals surface area contributed by atoms with Gasteiger partial charge in [0.2, 0.25) is 0 Å². The molecule has 0 aliphatic rings. The van der Waals surface area contributed by atoms with Gasteiger partial charge in [-0.15, -0.1) is 0 Å². The van der Waals surface area contributed by atoms with Crippen LogP contribution in [-0.4, -0.2) is 0 Å². The Morgan fingerprint density at radius 2 is 0.400 bits per heavy atom. The van der Waals surface area contributed by atoms with Crippen LogP contribution in [0.4, 0.5) is 0 Å². The molecule has 0 amide bonds. The van der Waals surface area contributed by atoms with Crippen molar-refractivity contribution in [3.05, 3.63) is 181 Å². The molecule has 0 spiro atoms. The first-order valence-corrected chi connectivity index (χ1v) is 17.8. The second kappa shape index (κ2) is 13.4. The molecule has 0 bridgehead atoms. The molecule has 0 saturated carbocycles. The van der Waals surface area contributed by atoms with Gasteiger partial charge in [0.1, 0.15) is 0 Å². The Hall–Kier alpha value is -5.46. The molecule has 7 aromatic rings. The minimum absolute atomic E-state index is 0.0510. The molecular formula is C50H46. The van der Waals surface area contributed by atoms with E-state index in [0.717, 1.165) is 0 Å². The van der Waals surface area contributed by atoms with Gasteiger partial charge < -0.3 is 0 Å². The molecule has 0 nitrogen and oxygen atoms in total. The molecule has 0 heterocycles. The Labute approximate surface area is 299 Å². The number of hydrogen-bond acceptors (Lipinski definition) is 0. The monoisotopic (exact) mass is 646 g/mol. The van der Waals surface area contributed by atoms with E-state index >= 15 is 0 Å². The third-order valence-electron chi connectivity index (χ3n) is 9.83. The molecular weight excluding hydrogens is 601 g/mol. The number of rotatable bonds is 6. The molecule has 50 heavy (non-hydrogen) atoms. The molecule has 0 saturated heterocycles. The Morgan fingerprint density at radius 3 is 0.580 bits per heavy atom. The predicted octanol–water partition coefficient (Wildman–Crippen LogP) is 14.3. The first-order chi connectivity index (χ1) is 24.1. The summed E-state index contributed by atoms with van der Waals surface area (Å²) in [7, 11) is 0. The topological polar surface area (TPSA) is 0 Å². The maximum absolute atomic E-state index is 2.35. The van der Waals surface area contributed by atoms with Crippen LogP contribution in [0.25, 0.3) is 66.8 Å². The molecule has 0 aromatic heterocycles. The second-order valence-electron chi connectivity index (χ2n) is 15.4. The summed E-state index contributed by atoms with van der Waals surface area (Å²) in [5.74, 6) is 0. The maximum Gasteiger partial charge on any atom is -0.00139 e. The third kappa shape index (κ3) is 6.47. The van der Waals surface area contributed by atoms with Gasteiger partial charge in [0.25, 0.3) is 0 Å². The van der Waals surface area contributed by atoms with Crippen LogP contribution in [0.15, 0.2) is 170 Å². The van der Waals surface area contributed by atoms with Crippen molar-refractivity contribution in [2.24, 2.45) is 0 Å². The van der Waals surface area contributed by atoms with E-state index in [9.17, 15) is 0 Å². The second-order valence-corrected chi connectivity index (χ2v) is 15.4. The van der Waals surface area contributed by atoms with Gasteiger partial charge in [0.05, 0.1) is 0 Å². The molecule has 0 unspecified atom stereocenters. The number of benzene rings is 7. The highest BCUT2D eigenvalue weighted by Crippen LogP contribution is 2.56. The van der Waals surface area contributed by atoms with Crippen molar-refractivity contribution < 1.29 is 0 Å². The smallest absolute Gasteiger partial charge is 0.00139 e. The summed E-state index contributed by atoms with van der Waals surface area (Å²) in [5, 5.41) is 0. The summed E-state index contributed by atoms with van der Waals surface area (Å²) >= 11 is 0. The van der Waals surface area contributed by atoms with Crippen LogP contribution in [0.3, 0.4) is 0 Å². The minimum atomic E-state index is 0.0510. The summed E-state index contributed by atoms with van der Waals surface area (Å²) in [5.41, 5.74) is 17.4. The lowest BCUT2D eigenvalue weighted by Gasteiger charge is -2.29. The van der Waals surface area contributed by atoms with Crippen LogP contribution in [0.5, 0.6) is 0 Å². The van der Waals surface area contributed by atoms with Crippen LogP contribution in [0.2, 0.25) is 0 Å². The van der Waals surface area contributed by atoms with E-state index in [4.69, 9.17) is 0 Å². The standard InChI is InChI=1S/C50H46/c1-49(2,3)41-31-27-39(28-32-41)47-44(36-21-13-8-14-22-36)43(35-19-11-7-12-20-35)45(37-23-15-9-16-24-37)48(46(47)38-25-17-10-18-26-38)40-29-33-42(34-30-40)50(4,5)6/h7-34H,1-6H3. The van der Waals surface area contributed by atoms with Crippen molar-refractivity contribution in [3.63, 3.8) is 0 Å². The summed E-state index contributed by atoms with van der Waals surface area (Å²) < 4.78 is 0. The lowest BCUT2D eigenvalue weighted by molar-refractivity contribution is 0.590. The Balaban J connectivity index is 1.76. The van der Waals surface area contributed by atoms with Crippen LogP contribution >= 0.6 is 0 Å². The first kappa shape index (κ1) is 33.1. The van der Waals surface area contributed by atoms with Gasteiger partial charge in [0.15, 0.2) is 0 Å². The largest absolute Gasteiger partial charge is 0.0622 e. The van der Waals surface area contributed by atoms with E-state index in [1.807, 2.05) is 0 Å². The summed E-state index contributed by atoms with van der Waals surface area (Å²) in [6.07, 6.45) is 0. The van der Waals surface area contributed by atoms with E-state index in [1.165, 1.54) is 77.9 Å². The van der Waals surface area contributed by atoms with Crippen molar-refractivity contribution in [1.82, 2.24) is 0 Å². The Kier molecular flexibility index (Phi) is 8.89. The van der Waals surface area contributed by atoms with Gasteiger partial charge in [-0.05, 0) is 88.7 Å². The van der Waals surface area contributed by atoms with E-state index in [-0.39, 0.29) is 10.8 Å². The Morgan fingerprint density at radius 1 is 0.220 bits per heavy atom. The fraction of sp³-hybridized carbons (Fsp3) is 0.160. The molecule has 0 aliphatic carbocycles. The highest BCUT2D eigenvalue weighted by Gasteiger charge is 2.29. The zero-order chi connectivity index (χ0) is 34.9. The van der Waals surface area contributed by atoms with E-state index in [0.29, 0.717) is 0 Å². The highest BCUT2D eigenvalue weighted by molar-refractivity contribution is 6.15. The SMILES string of the molecule is CC(C)(C)c1ccc(-c2c(-c3ccccc3)c(-c3ccccc3)c(-c3ccccc3)c(-c3ccc(C(C)(C)C)cc3)c2-c2ccccc2)cc1. The zero-order valence-corrected chi connectivity index (χ0v) is 30.2. The van der Waals surface area contributed by atoms with Gasteiger partial charge in [-0.25, -0.2) is 0 Å². The quantitative estimate of drug-likeness (QED) is 0.169. The average Bonchev–Trinajstić information content (AvgIpc) is 3.14. The molecule has 0 aliphatic heterocycles. The summed E-state index contributed by atoms with van der Waals surface area (Å²) in [4.78, 5) is 0. The molecule has 0 atom stereocenters. The van der Waals surface area contributed by atoms with E-state index in [1.54, 1.807) is 0 Å². The van der Waals surface area contributed by atoms with E-state index < -0.39 is 0 Å². The molecule has 0 N–H and O–H groups in total. The number of hydrogen-bond donors (Lipinski definition) is 0. The third-order valence-corrected chi connectivity index (χ3v) is 9.83. The first-order valence-electron chi connectivity index (χ1n) is 17.8. The fourth-order valence-corrected chi connectivity index (χ4v) is 7.18. The van der Waals surface area contributed by atoms with Gasteiger partial charge in [-0.3, -0.25) is 0 Å². The minimum Gasteiger partial charge on any atom is -0.0622 e. The molecule has 0 fully saturated rings. The maximum atomic E-state index is 2.35. The lowest BCUT2D eigenvalue weighted by Crippen LogP contribution is -2.10. The highest BCUT2D eigenvalue weighted by atomic mass is 14.3. The normalized spacial score (nSPS) is 11.8. The average molecular weight is 647 g/mol. The van der Waals surface area contributed by atoms with Gasteiger partial charge >= 0.3 is 0 Å². The summed E-state index contributed by atoms with van der Waals surface area (Å²) in [6, 6.07) is 62.7. The van der Waals surface area contributed by atoms with Crippen molar-refractivity contribution in [3.8, 4) is 66.8 Å². The summed E-state index contributed by atoms with van der Waals surface area (Å²) in [6.45, 7) is 13.7. The van der Waals surface area contributed by atoms with Gasteiger partial charge in [-0.2, -0.15) is 0 Å². The molecule has 7 rings (SSSR count). The van der Waals surface area contributed by atoms with Crippen molar-refractivity contribution in [2.45, 2.75) is 52.4 Å². The predicted molar refractivity (Wildman–Crippen MR) is 216 cm³/mol. The van der Waals surface area contributed by atoms with Crippen LogP contribution < -0.4 is 0 Å². The van der Waals surface area contributed by atoms with Gasteiger partial charge in [0, 0.05) is 0 Å². The Bertz CT molecular complexity index is 2070. The fourth-order valence-electron chi connectivity index (χ4n) is 7.18. The molecule has 246 valence electrons.